The van der Waals surface area contributed by atoms with Crippen LogP contribution in [0.4, 0.5) is 0 Å². The third kappa shape index (κ3) is 3.90. The molecule has 0 saturated carbocycles. The molecule has 132 valence electrons. The molecule has 0 radical (unpaired) electrons. The Bertz CT molecular complexity index is 637. The number of hydrogen-bond acceptors (Lipinski definition) is 5. The molecule has 1 aliphatic heterocycles. The average molecular weight is 341 g/mol. The summed E-state index contributed by atoms with van der Waals surface area (Å²) in [6, 6.07) is 19.2. The number of rotatable bonds is 6. The molecular weight excluding hydrogens is 318 g/mol. The maximum Gasteiger partial charge on any atom is 0.325 e. The average Bonchev–Trinajstić information content (AvgIpc) is 3.07. The molecule has 0 spiro atoms. The van der Waals surface area contributed by atoms with Crippen molar-refractivity contribution < 1.29 is 19.1 Å². The van der Waals surface area contributed by atoms with Crippen LogP contribution >= 0.6 is 0 Å². The second-order valence-electron chi connectivity index (χ2n) is 5.85. The molecule has 0 unspecified atom stereocenters. The van der Waals surface area contributed by atoms with E-state index in [1.165, 1.54) is 7.11 Å². The van der Waals surface area contributed by atoms with Crippen LogP contribution in [0.15, 0.2) is 60.7 Å². The van der Waals surface area contributed by atoms with E-state index in [2.05, 4.69) is 0 Å². The number of benzene rings is 2. The molecule has 5 heteroatoms. The zero-order valence-corrected chi connectivity index (χ0v) is 14.5. The molecule has 2 atom stereocenters. The standard InChI is InChI=1S/C20H23NO4/c1-3-24-18-14-17(20(22)23-2)21(25-18)19(15-10-6-4-7-11-15)16-12-8-5-9-13-16/h4-13,17-19H,3,14H2,1-2H3/t17-,18-/m0/s1. The number of carbonyl (C=O) groups excluding carboxylic acids is 1. The molecule has 0 aliphatic carbocycles. The quantitative estimate of drug-likeness (QED) is 0.755. The summed E-state index contributed by atoms with van der Waals surface area (Å²) < 4.78 is 10.6. The monoisotopic (exact) mass is 341 g/mol. The second-order valence-corrected chi connectivity index (χ2v) is 5.85. The topological polar surface area (TPSA) is 48.0 Å². The van der Waals surface area contributed by atoms with Crippen molar-refractivity contribution in [3.05, 3.63) is 71.8 Å². The summed E-state index contributed by atoms with van der Waals surface area (Å²) in [4.78, 5) is 18.4. The molecule has 0 amide bonds. The number of methoxy groups -OCH3 is 1. The molecule has 0 N–H and O–H groups in total. The van der Waals surface area contributed by atoms with Crippen LogP contribution in [0.5, 0.6) is 0 Å². The van der Waals surface area contributed by atoms with Gasteiger partial charge in [-0.05, 0) is 18.1 Å². The predicted octanol–water partition coefficient (Wildman–Crippen LogP) is 3.32. The molecule has 0 aromatic heterocycles. The van der Waals surface area contributed by atoms with E-state index < -0.39 is 12.3 Å². The predicted molar refractivity (Wildman–Crippen MR) is 93.5 cm³/mol. The second kappa shape index (κ2) is 8.25. The van der Waals surface area contributed by atoms with Gasteiger partial charge in [-0.1, -0.05) is 60.7 Å². The first kappa shape index (κ1) is 17.6. The first-order valence-corrected chi connectivity index (χ1v) is 8.49. The Balaban J connectivity index is 2.00. The number of carbonyl (C=O) groups is 1. The summed E-state index contributed by atoms with van der Waals surface area (Å²) >= 11 is 0. The first-order valence-electron chi connectivity index (χ1n) is 8.49. The van der Waals surface area contributed by atoms with Crippen molar-refractivity contribution in [2.45, 2.75) is 31.7 Å². The van der Waals surface area contributed by atoms with Crippen molar-refractivity contribution in [3.8, 4) is 0 Å². The highest BCUT2D eigenvalue weighted by molar-refractivity contribution is 5.76. The third-order valence-corrected chi connectivity index (χ3v) is 4.27. The maximum absolute atomic E-state index is 12.3. The van der Waals surface area contributed by atoms with Gasteiger partial charge in [-0.2, -0.15) is 5.06 Å². The van der Waals surface area contributed by atoms with Crippen molar-refractivity contribution in [2.24, 2.45) is 0 Å². The van der Waals surface area contributed by atoms with Gasteiger partial charge in [-0.25, -0.2) is 0 Å². The number of hydrogen-bond donors (Lipinski definition) is 0. The molecule has 5 nitrogen and oxygen atoms in total. The lowest BCUT2D eigenvalue weighted by molar-refractivity contribution is -0.251. The number of hydroxylamine groups is 2. The molecule has 25 heavy (non-hydrogen) atoms. The maximum atomic E-state index is 12.3. The third-order valence-electron chi connectivity index (χ3n) is 4.27. The lowest BCUT2D eigenvalue weighted by Crippen LogP contribution is -2.39. The molecule has 2 aromatic carbocycles. The van der Waals surface area contributed by atoms with Crippen molar-refractivity contribution in [2.75, 3.05) is 13.7 Å². The van der Waals surface area contributed by atoms with E-state index >= 15 is 0 Å². The van der Waals surface area contributed by atoms with Crippen molar-refractivity contribution >= 4 is 5.97 Å². The van der Waals surface area contributed by atoms with E-state index in [0.29, 0.717) is 13.0 Å². The summed E-state index contributed by atoms with van der Waals surface area (Å²) in [7, 11) is 1.40. The van der Waals surface area contributed by atoms with Crippen molar-refractivity contribution in [1.82, 2.24) is 5.06 Å². The van der Waals surface area contributed by atoms with E-state index in [9.17, 15) is 4.79 Å². The van der Waals surface area contributed by atoms with Crippen LogP contribution in [0.2, 0.25) is 0 Å². The number of esters is 1. The smallest absolute Gasteiger partial charge is 0.325 e. The van der Waals surface area contributed by atoms with E-state index in [0.717, 1.165) is 11.1 Å². The van der Waals surface area contributed by atoms with Crippen LogP contribution in [0.3, 0.4) is 0 Å². The van der Waals surface area contributed by atoms with E-state index in [4.69, 9.17) is 14.3 Å². The highest BCUT2D eigenvalue weighted by atomic mass is 16.8. The van der Waals surface area contributed by atoms with Crippen molar-refractivity contribution in [1.29, 1.82) is 0 Å². The van der Waals surface area contributed by atoms with E-state index in [1.807, 2.05) is 67.6 Å². The van der Waals surface area contributed by atoms with Crippen molar-refractivity contribution in [3.63, 3.8) is 0 Å². The fraction of sp³-hybridized carbons (Fsp3) is 0.350. The molecule has 2 aromatic rings. The Morgan fingerprint density at radius 2 is 1.68 bits per heavy atom. The summed E-state index contributed by atoms with van der Waals surface area (Å²) in [6.45, 7) is 2.43. The zero-order chi connectivity index (χ0) is 17.6. The number of nitrogens with zero attached hydrogens (tertiary/aromatic N) is 1. The van der Waals surface area contributed by atoms with Gasteiger partial charge >= 0.3 is 5.97 Å². The van der Waals surface area contributed by atoms with Gasteiger partial charge < -0.3 is 9.47 Å². The summed E-state index contributed by atoms with van der Waals surface area (Å²) in [5, 5.41) is 1.72. The summed E-state index contributed by atoms with van der Waals surface area (Å²) in [5.74, 6) is -0.320. The fourth-order valence-corrected chi connectivity index (χ4v) is 3.16. The molecule has 1 saturated heterocycles. The SMILES string of the molecule is CCO[C@@H]1C[C@@H](C(=O)OC)N(C(c2ccccc2)c2ccccc2)O1. The van der Waals surface area contributed by atoms with Gasteiger partial charge in [0.05, 0.1) is 13.2 Å². The summed E-state index contributed by atoms with van der Waals surface area (Å²) in [5.41, 5.74) is 2.08. The molecular formula is C20H23NO4. The van der Waals surface area contributed by atoms with Gasteiger partial charge in [0.15, 0.2) is 6.29 Å². The van der Waals surface area contributed by atoms with Gasteiger partial charge in [0.1, 0.15) is 6.04 Å². The van der Waals surface area contributed by atoms with E-state index in [-0.39, 0.29) is 12.0 Å². The molecule has 1 heterocycles. The minimum absolute atomic E-state index is 0.225. The zero-order valence-electron chi connectivity index (χ0n) is 14.5. The van der Waals surface area contributed by atoms with Crippen LogP contribution in [0.1, 0.15) is 30.5 Å². The Labute approximate surface area is 148 Å². The Morgan fingerprint density at radius 3 is 2.16 bits per heavy atom. The van der Waals surface area contributed by atoms with Crippen LogP contribution < -0.4 is 0 Å². The Morgan fingerprint density at radius 1 is 1.12 bits per heavy atom. The van der Waals surface area contributed by atoms with Crippen LogP contribution in [0, 0.1) is 0 Å². The highest BCUT2D eigenvalue weighted by Gasteiger charge is 2.44. The Hall–Kier alpha value is -2.21. The van der Waals surface area contributed by atoms with Crippen LogP contribution in [0.25, 0.3) is 0 Å². The van der Waals surface area contributed by atoms with Gasteiger partial charge in [-0.15, -0.1) is 0 Å². The largest absolute Gasteiger partial charge is 0.468 e. The number of ether oxygens (including phenoxy) is 2. The lowest BCUT2D eigenvalue weighted by atomic mass is 9.97. The molecule has 3 rings (SSSR count). The molecule has 1 fully saturated rings. The molecule has 1 aliphatic rings. The van der Waals surface area contributed by atoms with Gasteiger partial charge in [0.25, 0.3) is 0 Å². The van der Waals surface area contributed by atoms with E-state index in [1.54, 1.807) is 5.06 Å². The molecule has 0 bridgehead atoms. The van der Waals surface area contributed by atoms with Crippen LogP contribution in [-0.4, -0.2) is 37.1 Å². The summed E-state index contributed by atoms with van der Waals surface area (Å²) in [6.07, 6.45) is -0.0135. The highest BCUT2D eigenvalue weighted by Crippen LogP contribution is 2.36. The fourth-order valence-electron chi connectivity index (χ4n) is 3.16. The van der Waals surface area contributed by atoms with Crippen LogP contribution in [-0.2, 0) is 19.1 Å². The lowest BCUT2D eigenvalue weighted by Gasteiger charge is -2.30. The Kier molecular flexibility index (Phi) is 5.81. The minimum Gasteiger partial charge on any atom is -0.468 e. The van der Waals surface area contributed by atoms with Gasteiger partial charge in [0.2, 0.25) is 0 Å². The first-order chi connectivity index (χ1) is 12.2. The van der Waals surface area contributed by atoms with Gasteiger partial charge in [0, 0.05) is 13.0 Å². The minimum atomic E-state index is -0.521. The van der Waals surface area contributed by atoms with Gasteiger partial charge in [-0.3, -0.25) is 9.63 Å². The normalized spacial score (nSPS) is 20.8.